The Morgan fingerprint density at radius 1 is 1.41 bits per heavy atom. The minimum absolute atomic E-state index is 0.162. The van der Waals surface area contributed by atoms with Crippen molar-refractivity contribution in [3.8, 4) is 0 Å². The van der Waals surface area contributed by atoms with Gasteiger partial charge >= 0.3 is 0 Å². The van der Waals surface area contributed by atoms with E-state index in [0.29, 0.717) is 14.6 Å². The maximum atomic E-state index is 13.5. The number of aromatic nitrogens is 1. The smallest absolute Gasteiger partial charge is 0.183 e. The Morgan fingerprint density at radius 3 is 2.82 bits per heavy atom. The van der Waals surface area contributed by atoms with E-state index >= 15 is 0 Å². The highest BCUT2D eigenvalue weighted by atomic mass is 127. The first-order valence-corrected chi connectivity index (χ1v) is 6.83. The number of nitrogens with one attached hydrogen (secondary N) is 1. The van der Waals surface area contributed by atoms with Crippen molar-refractivity contribution in [2.75, 3.05) is 5.32 Å². The molecule has 0 spiro atoms. The first-order chi connectivity index (χ1) is 8.08. The Bertz CT molecular complexity index is 547. The maximum Gasteiger partial charge on any atom is 0.183 e. The highest BCUT2D eigenvalue weighted by Gasteiger charge is 2.12. The van der Waals surface area contributed by atoms with E-state index in [9.17, 15) is 8.78 Å². The molecule has 0 saturated heterocycles. The van der Waals surface area contributed by atoms with Gasteiger partial charge in [0.1, 0.15) is 0 Å². The van der Waals surface area contributed by atoms with Crippen molar-refractivity contribution in [1.29, 1.82) is 0 Å². The van der Waals surface area contributed by atoms with Gasteiger partial charge in [-0.3, -0.25) is 0 Å². The van der Waals surface area contributed by atoms with Gasteiger partial charge in [0, 0.05) is 14.6 Å². The molecule has 0 atom stereocenters. The first kappa shape index (κ1) is 13.0. The van der Waals surface area contributed by atoms with E-state index in [1.807, 2.05) is 22.6 Å². The third-order valence-electron chi connectivity index (χ3n) is 2.01. The fourth-order valence-electron chi connectivity index (χ4n) is 1.23. The summed E-state index contributed by atoms with van der Waals surface area (Å²) in [6.45, 7) is 0.362. The summed E-state index contributed by atoms with van der Waals surface area (Å²) in [4.78, 5) is 4.72. The van der Waals surface area contributed by atoms with Crippen LogP contribution in [0.2, 0.25) is 4.47 Å². The molecule has 0 fully saturated rings. The average Bonchev–Trinajstić information content (AvgIpc) is 2.70. The molecule has 0 bridgehead atoms. The molecule has 0 unspecified atom stereocenters. The van der Waals surface area contributed by atoms with Crippen molar-refractivity contribution in [2.24, 2.45) is 0 Å². The van der Waals surface area contributed by atoms with Gasteiger partial charge in [-0.1, -0.05) is 11.6 Å². The summed E-state index contributed by atoms with van der Waals surface area (Å²) in [7, 11) is 0. The summed E-state index contributed by atoms with van der Waals surface area (Å²) in [5.74, 6) is -1.73. The lowest BCUT2D eigenvalue weighted by molar-refractivity contribution is 0.510. The summed E-state index contributed by atoms with van der Waals surface area (Å²) >= 11 is 8.91. The minimum Gasteiger partial charge on any atom is -0.377 e. The van der Waals surface area contributed by atoms with E-state index in [1.54, 1.807) is 6.20 Å². The zero-order chi connectivity index (χ0) is 12.4. The summed E-state index contributed by atoms with van der Waals surface area (Å²) in [6.07, 6.45) is 1.60. The van der Waals surface area contributed by atoms with Crippen LogP contribution in [0.15, 0.2) is 18.3 Å². The van der Waals surface area contributed by atoms with Gasteiger partial charge in [-0.15, -0.1) is 11.3 Å². The van der Waals surface area contributed by atoms with Gasteiger partial charge in [-0.2, -0.15) is 0 Å². The average molecular weight is 387 g/mol. The third-order valence-corrected chi connectivity index (χ3v) is 4.02. The molecule has 0 aliphatic rings. The molecule has 2 aromatic rings. The standard InChI is InChI=1S/C10H6ClF2IN2S/c11-10-16-4-5(17-10)3-15-9-7(14)2-1-6(12)8(9)13/h1-2,4,15H,3H2. The van der Waals surface area contributed by atoms with Gasteiger partial charge in [0.2, 0.25) is 0 Å². The molecule has 1 aromatic carbocycles. The molecule has 0 amide bonds. The van der Waals surface area contributed by atoms with Crippen molar-refractivity contribution in [1.82, 2.24) is 4.98 Å². The number of hydrogen-bond acceptors (Lipinski definition) is 3. The van der Waals surface area contributed by atoms with E-state index < -0.39 is 11.6 Å². The number of nitrogens with zero attached hydrogens (tertiary/aromatic N) is 1. The second kappa shape index (κ2) is 5.45. The Labute approximate surface area is 119 Å². The lowest BCUT2D eigenvalue weighted by Crippen LogP contribution is -2.03. The van der Waals surface area contributed by atoms with Crippen LogP contribution in [-0.4, -0.2) is 4.98 Å². The number of thiazole rings is 1. The number of anilines is 1. The quantitative estimate of drug-likeness (QED) is 0.629. The second-order valence-corrected chi connectivity index (χ2v) is 6.01. The zero-order valence-corrected chi connectivity index (χ0v) is 12.0. The summed E-state index contributed by atoms with van der Waals surface area (Å²) < 4.78 is 27.6. The van der Waals surface area contributed by atoms with Gasteiger partial charge in [-0.05, 0) is 34.7 Å². The van der Waals surface area contributed by atoms with Crippen LogP contribution in [0.4, 0.5) is 14.5 Å². The molecular formula is C10H6ClF2IN2S. The van der Waals surface area contributed by atoms with Gasteiger partial charge < -0.3 is 5.32 Å². The lowest BCUT2D eigenvalue weighted by Gasteiger charge is -2.08. The number of halogens is 4. The molecule has 0 saturated carbocycles. The van der Waals surface area contributed by atoms with Crippen LogP contribution in [0.25, 0.3) is 0 Å². The number of rotatable bonds is 3. The van der Waals surface area contributed by atoms with Crippen LogP contribution in [0, 0.1) is 15.2 Å². The molecule has 0 radical (unpaired) electrons. The molecule has 1 N–H and O–H groups in total. The summed E-state index contributed by atoms with van der Waals surface area (Å²) in [5.41, 5.74) is 0.162. The van der Waals surface area contributed by atoms with Gasteiger partial charge in [-0.25, -0.2) is 13.8 Å². The topological polar surface area (TPSA) is 24.9 Å². The SMILES string of the molecule is Fc1ccc(I)c(NCc2cnc(Cl)s2)c1F. The van der Waals surface area contributed by atoms with Gasteiger partial charge in [0.15, 0.2) is 16.1 Å². The Morgan fingerprint density at radius 2 is 2.18 bits per heavy atom. The van der Waals surface area contributed by atoms with E-state index in [-0.39, 0.29) is 5.69 Å². The molecule has 2 nitrogen and oxygen atoms in total. The molecule has 7 heteroatoms. The fourth-order valence-corrected chi connectivity index (χ4v) is 2.75. The normalized spacial score (nSPS) is 10.6. The summed E-state index contributed by atoms with van der Waals surface area (Å²) in [5, 5.41) is 2.84. The highest BCUT2D eigenvalue weighted by Crippen LogP contribution is 2.25. The fraction of sp³-hybridized carbons (Fsp3) is 0.100. The van der Waals surface area contributed by atoms with Crippen LogP contribution < -0.4 is 5.32 Å². The summed E-state index contributed by atoms with van der Waals surface area (Å²) in [6, 6.07) is 2.62. The lowest BCUT2D eigenvalue weighted by atomic mass is 10.3. The molecule has 17 heavy (non-hydrogen) atoms. The van der Waals surface area contributed by atoms with Crippen molar-refractivity contribution in [3.05, 3.63) is 42.9 Å². The predicted octanol–water partition coefficient (Wildman–Crippen LogP) is 4.29. The Kier molecular flexibility index (Phi) is 4.16. The number of hydrogen-bond donors (Lipinski definition) is 1. The molecule has 0 aliphatic carbocycles. The molecule has 1 aromatic heterocycles. The van der Waals surface area contributed by atoms with Crippen LogP contribution >= 0.6 is 45.5 Å². The number of benzene rings is 1. The first-order valence-electron chi connectivity index (χ1n) is 4.55. The van der Waals surface area contributed by atoms with Crippen LogP contribution in [-0.2, 0) is 6.54 Å². The van der Waals surface area contributed by atoms with Crippen LogP contribution in [0.5, 0.6) is 0 Å². The highest BCUT2D eigenvalue weighted by molar-refractivity contribution is 14.1. The van der Waals surface area contributed by atoms with Crippen LogP contribution in [0.3, 0.4) is 0 Å². The van der Waals surface area contributed by atoms with E-state index in [2.05, 4.69) is 10.3 Å². The molecule has 0 aliphatic heterocycles. The molecule has 1 heterocycles. The van der Waals surface area contributed by atoms with Crippen molar-refractivity contribution in [2.45, 2.75) is 6.54 Å². The Balaban J connectivity index is 2.16. The third kappa shape index (κ3) is 3.05. The molecular weight excluding hydrogens is 381 g/mol. The predicted molar refractivity (Wildman–Crippen MR) is 73.5 cm³/mol. The van der Waals surface area contributed by atoms with Crippen molar-refractivity contribution in [3.63, 3.8) is 0 Å². The second-order valence-electron chi connectivity index (χ2n) is 3.15. The van der Waals surface area contributed by atoms with Gasteiger partial charge in [0.05, 0.1) is 12.2 Å². The zero-order valence-electron chi connectivity index (χ0n) is 8.31. The van der Waals surface area contributed by atoms with Crippen LogP contribution in [0.1, 0.15) is 4.88 Å². The Hall–Kier alpha value is -0.470. The van der Waals surface area contributed by atoms with E-state index in [0.717, 1.165) is 10.9 Å². The largest absolute Gasteiger partial charge is 0.377 e. The molecule has 2 rings (SSSR count). The monoisotopic (exact) mass is 386 g/mol. The van der Waals surface area contributed by atoms with Crippen molar-refractivity contribution >= 4 is 51.2 Å². The van der Waals surface area contributed by atoms with Crippen molar-refractivity contribution < 1.29 is 8.78 Å². The van der Waals surface area contributed by atoms with Gasteiger partial charge in [0.25, 0.3) is 0 Å². The molecule has 90 valence electrons. The minimum atomic E-state index is -0.868. The maximum absolute atomic E-state index is 13.5. The van der Waals surface area contributed by atoms with E-state index in [4.69, 9.17) is 11.6 Å². The van der Waals surface area contributed by atoms with E-state index in [1.165, 1.54) is 17.4 Å².